The summed E-state index contributed by atoms with van der Waals surface area (Å²) in [7, 11) is 0. The summed E-state index contributed by atoms with van der Waals surface area (Å²) in [5, 5.41) is 0.472. The molecule has 5 nitrogen and oxygen atoms in total. The molecule has 0 fully saturated rings. The standard InChI is InChI=1S/C11H19BrO5/c1-5-14-10(7-12)17-16-9(4)8(3)11(13)15-6-2/h9-10H,3,5-7H2,1-2,4H3. The first-order valence-electron chi connectivity index (χ1n) is 5.42. The Morgan fingerprint density at radius 2 is 1.94 bits per heavy atom. The summed E-state index contributed by atoms with van der Waals surface area (Å²) in [6, 6.07) is 0. The Hall–Kier alpha value is -0.430. The quantitative estimate of drug-likeness (QED) is 0.163. The van der Waals surface area contributed by atoms with Crippen molar-refractivity contribution in [3.8, 4) is 0 Å². The van der Waals surface area contributed by atoms with Crippen LogP contribution in [0, 0.1) is 0 Å². The van der Waals surface area contributed by atoms with E-state index in [1.807, 2.05) is 6.92 Å². The summed E-state index contributed by atoms with van der Waals surface area (Å²) < 4.78 is 9.98. The lowest BCUT2D eigenvalue weighted by atomic mass is 10.2. The minimum absolute atomic E-state index is 0.205. The van der Waals surface area contributed by atoms with Gasteiger partial charge in [0.1, 0.15) is 6.10 Å². The fraction of sp³-hybridized carbons (Fsp3) is 0.727. The molecule has 0 N–H and O–H groups in total. The maximum absolute atomic E-state index is 11.3. The van der Waals surface area contributed by atoms with E-state index in [-0.39, 0.29) is 5.57 Å². The van der Waals surface area contributed by atoms with Gasteiger partial charge in [0.15, 0.2) is 0 Å². The van der Waals surface area contributed by atoms with Crippen molar-refractivity contribution >= 4 is 21.9 Å². The van der Waals surface area contributed by atoms with Crippen LogP contribution in [0.25, 0.3) is 0 Å². The molecule has 0 saturated heterocycles. The summed E-state index contributed by atoms with van der Waals surface area (Å²) in [5.74, 6) is -0.490. The fourth-order valence-corrected chi connectivity index (χ4v) is 1.17. The Morgan fingerprint density at radius 3 is 2.41 bits per heavy atom. The molecule has 0 aromatic carbocycles. The van der Waals surface area contributed by atoms with Gasteiger partial charge in [0.05, 0.1) is 17.5 Å². The van der Waals surface area contributed by atoms with E-state index in [2.05, 4.69) is 22.5 Å². The van der Waals surface area contributed by atoms with Crippen LogP contribution in [0.4, 0.5) is 0 Å². The highest BCUT2D eigenvalue weighted by atomic mass is 79.9. The third-order valence-electron chi connectivity index (χ3n) is 1.81. The van der Waals surface area contributed by atoms with Gasteiger partial charge < -0.3 is 9.47 Å². The molecule has 0 aromatic heterocycles. The number of rotatable bonds is 9. The molecule has 0 aliphatic rings. The first-order valence-corrected chi connectivity index (χ1v) is 6.54. The molecular weight excluding hydrogens is 292 g/mol. The summed E-state index contributed by atoms with van der Waals surface area (Å²) in [5.41, 5.74) is 0.205. The Morgan fingerprint density at radius 1 is 1.29 bits per heavy atom. The van der Waals surface area contributed by atoms with Gasteiger partial charge in [0, 0.05) is 6.61 Å². The average Bonchev–Trinajstić information content (AvgIpc) is 2.33. The van der Waals surface area contributed by atoms with E-state index < -0.39 is 18.4 Å². The molecule has 2 atom stereocenters. The molecule has 0 aliphatic carbocycles. The van der Waals surface area contributed by atoms with Crippen molar-refractivity contribution in [3.05, 3.63) is 12.2 Å². The molecule has 0 aromatic rings. The number of hydrogen-bond donors (Lipinski definition) is 0. The Balaban J connectivity index is 4.03. The van der Waals surface area contributed by atoms with Gasteiger partial charge in [-0.15, -0.1) is 0 Å². The highest BCUT2D eigenvalue weighted by Crippen LogP contribution is 2.10. The van der Waals surface area contributed by atoms with E-state index in [1.54, 1.807) is 13.8 Å². The van der Waals surface area contributed by atoms with Crippen LogP contribution >= 0.6 is 15.9 Å². The first kappa shape index (κ1) is 16.6. The molecule has 0 amide bonds. The summed E-state index contributed by atoms with van der Waals surface area (Å²) in [6.07, 6.45) is -1.10. The zero-order valence-corrected chi connectivity index (χ0v) is 12.0. The van der Waals surface area contributed by atoms with Crippen molar-refractivity contribution in [2.24, 2.45) is 0 Å². The minimum Gasteiger partial charge on any atom is -0.463 e. The molecule has 6 heteroatoms. The van der Waals surface area contributed by atoms with Crippen LogP contribution in [0.15, 0.2) is 12.2 Å². The Kier molecular flexibility index (Phi) is 9.34. The maximum atomic E-state index is 11.3. The van der Waals surface area contributed by atoms with Crippen molar-refractivity contribution in [2.45, 2.75) is 33.2 Å². The topological polar surface area (TPSA) is 54.0 Å². The van der Waals surface area contributed by atoms with Gasteiger partial charge in [0.25, 0.3) is 0 Å². The molecule has 0 rings (SSSR count). The monoisotopic (exact) mass is 310 g/mol. The van der Waals surface area contributed by atoms with Crippen molar-refractivity contribution in [2.75, 3.05) is 18.5 Å². The molecule has 0 radical (unpaired) electrons. The predicted octanol–water partition coefficient (Wildman–Crippen LogP) is 2.20. The Bertz CT molecular complexity index is 244. The van der Waals surface area contributed by atoms with Crippen LogP contribution in [0.1, 0.15) is 20.8 Å². The maximum Gasteiger partial charge on any atom is 0.336 e. The smallest absolute Gasteiger partial charge is 0.336 e. The van der Waals surface area contributed by atoms with E-state index in [9.17, 15) is 4.79 Å². The SMILES string of the molecule is C=C(C(=O)OCC)C(C)OOC(CBr)OCC. The van der Waals surface area contributed by atoms with Crippen molar-refractivity contribution < 1.29 is 24.0 Å². The summed E-state index contributed by atoms with van der Waals surface area (Å²) >= 11 is 3.21. The van der Waals surface area contributed by atoms with Crippen molar-refractivity contribution in [1.82, 2.24) is 0 Å². The molecule has 0 saturated carbocycles. The van der Waals surface area contributed by atoms with Gasteiger partial charge in [-0.05, 0) is 20.8 Å². The van der Waals surface area contributed by atoms with Crippen LogP contribution in [0.2, 0.25) is 0 Å². The van der Waals surface area contributed by atoms with Gasteiger partial charge in [-0.1, -0.05) is 22.5 Å². The average molecular weight is 311 g/mol. The molecule has 0 aliphatic heterocycles. The molecule has 0 bridgehead atoms. The second-order valence-corrected chi connectivity index (χ2v) is 3.77. The zero-order valence-electron chi connectivity index (χ0n) is 10.4. The number of carbonyl (C=O) groups is 1. The molecule has 17 heavy (non-hydrogen) atoms. The number of ether oxygens (including phenoxy) is 2. The van der Waals surface area contributed by atoms with Crippen LogP contribution in [-0.4, -0.2) is 36.9 Å². The van der Waals surface area contributed by atoms with Gasteiger partial charge in [-0.2, -0.15) is 0 Å². The largest absolute Gasteiger partial charge is 0.463 e. The summed E-state index contributed by atoms with van der Waals surface area (Å²) in [4.78, 5) is 21.4. The van der Waals surface area contributed by atoms with Crippen molar-refractivity contribution in [3.63, 3.8) is 0 Å². The highest BCUT2D eigenvalue weighted by Gasteiger charge is 2.19. The van der Waals surface area contributed by atoms with Crippen LogP contribution in [-0.2, 0) is 24.0 Å². The van der Waals surface area contributed by atoms with E-state index in [0.717, 1.165) is 0 Å². The van der Waals surface area contributed by atoms with Crippen LogP contribution in [0.5, 0.6) is 0 Å². The predicted molar refractivity (Wildman–Crippen MR) is 66.6 cm³/mol. The number of carbonyl (C=O) groups excluding carboxylic acids is 1. The lowest BCUT2D eigenvalue weighted by Gasteiger charge is -2.18. The Labute approximate surface area is 110 Å². The second kappa shape index (κ2) is 9.58. The number of halogens is 1. The van der Waals surface area contributed by atoms with Crippen molar-refractivity contribution in [1.29, 1.82) is 0 Å². The van der Waals surface area contributed by atoms with Crippen LogP contribution in [0.3, 0.4) is 0 Å². The second-order valence-electron chi connectivity index (χ2n) is 3.12. The van der Waals surface area contributed by atoms with Crippen LogP contribution < -0.4 is 0 Å². The van der Waals surface area contributed by atoms with E-state index in [4.69, 9.17) is 19.2 Å². The highest BCUT2D eigenvalue weighted by molar-refractivity contribution is 9.09. The molecule has 100 valence electrons. The normalized spacial score (nSPS) is 14.1. The summed E-state index contributed by atoms with van der Waals surface area (Å²) in [6.45, 7) is 9.62. The lowest BCUT2D eigenvalue weighted by Crippen LogP contribution is -2.25. The van der Waals surface area contributed by atoms with E-state index >= 15 is 0 Å². The fourth-order valence-electron chi connectivity index (χ4n) is 0.877. The third-order valence-corrected chi connectivity index (χ3v) is 2.34. The molecule has 2 unspecified atom stereocenters. The van der Waals surface area contributed by atoms with Gasteiger partial charge in [-0.25, -0.2) is 14.6 Å². The van der Waals surface area contributed by atoms with Gasteiger partial charge in [-0.3, -0.25) is 0 Å². The number of alkyl halides is 1. The zero-order chi connectivity index (χ0) is 13.3. The molecular formula is C11H19BrO5. The van der Waals surface area contributed by atoms with Gasteiger partial charge in [0.2, 0.25) is 6.29 Å². The lowest BCUT2D eigenvalue weighted by molar-refractivity contribution is -0.383. The van der Waals surface area contributed by atoms with E-state index in [0.29, 0.717) is 18.5 Å². The molecule has 0 spiro atoms. The molecule has 0 heterocycles. The third kappa shape index (κ3) is 6.78. The number of esters is 1. The number of hydrogen-bond acceptors (Lipinski definition) is 5. The van der Waals surface area contributed by atoms with Gasteiger partial charge >= 0.3 is 5.97 Å². The minimum atomic E-state index is -0.587. The first-order chi connectivity index (χ1) is 8.06. The van der Waals surface area contributed by atoms with E-state index in [1.165, 1.54) is 0 Å².